The Morgan fingerprint density at radius 2 is 1.00 bits per heavy atom. The van der Waals surface area contributed by atoms with Crippen LogP contribution in [0.1, 0.15) is 48.4 Å². The van der Waals surface area contributed by atoms with Gasteiger partial charge in [-0.25, -0.2) is 9.59 Å². The second-order valence-electron chi connectivity index (χ2n) is 10.1. The molecular formula is C29H43ClN4O4. The summed E-state index contributed by atoms with van der Waals surface area (Å²) in [6.07, 6.45) is 0. The molecule has 8 nitrogen and oxygen atoms in total. The van der Waals surface area contributed by atoms with Crippen LogP contribution in [-0.2, 0) is 4.74 Å². The molecule has 0 aromatic heterocycles. The van der Waals surface area contributed by atoms with Gasteiger partial charge in [0.1, 0.15) is 0 Å². The third kappa shape index (κ3) is 8.61. The summed E-state index contributed by atoms with van der Waals surface area (Å²) in [4.78, 5) is 31.8. The maximum atomic E-state index is 11.4. The molecule has 0 radical (unpaired) electrons. The van der Waals surface area contributed by atoms with Gasteiger partial charge >= 0.3 is 11.9 Å². The number of anilines is 2. The van der Waals surface area contributed by atoms with Gasteiger partial charge in [0.15, 0.2) is 0 Å². The summed E-state index contributed by atoms with van der Waals surface area (Å²) in [6.45, 7) is 17.3. The monoisotopic (exact) mass is 546 g/mol. The largest absolute Gasteiger partial charge is 0.478 e. The lowest BCUT2D eigenvalue weighted by atomic mass is 10.1. The first-order valence-electron chi connectivity index (χ1n) is 13.2. The van der Waals surface area contributed by atoms with Crippen LogP contribution in [-0.4, -0.2) is 98.4 Å². The number of rotatable bonds is 6. The van der Waals surface area contributed by atoms with Crippen molar-refractivity contribution in [3.8, 4) is 0 Å². The van der Waals surface area contributed by atoms with Crippen molar-refractivity contribution >= 4 is 35.7 Å². The molecule has 1 N–H and O–H groups in total. The van der Waals surface area contributed by atoms with Crippen LogP contribution in [0.4, 0.5) is 11.4 Å². The first kappa shape index (κ1) is 31.4. The molecule has 0 bridgehead atoms. The summed E-state index contributed by atoms with van der Waals surface area (Å²) < 4.78 is 4.70. The van der Waals surface area contributed by atoms with Crippen LogP contribution in [0, 0.1) is 0 Å². The van der Waals surface area contributed by atoms with Gasteiger partial charge in [0.05, 0.1) is 18.2 Å². The molecule has 0 atom stereocenters. The number of benzene rings is 2. The molecule has 38 heavy (non-hydrogen) atoms. The van der Waals surface area contributed by atoms with E-state index in [0.29, 0.717) is 23.2 Å². The number of hydrogen-bond acceptors (Lipinski definition) is 7. The van der Waals surface area contributed by atoms with Gasteiger partial charge < -0.3 is 19.6 Å². The number of esters is 1. The van der Waals surface area contributed by atoms with E-state index in [2.05, 4.69) is 47.3 Å². The molecule has 2 fully saturated rings. The minimum absolute atomic E-state index is 0. The van der Waals surface area contributed by atoms with Crippen molar-refractivity contribution in [2.24, 2.45) is 0 Å². The van der Waals surface area contributed by atoms with Crippen molar-refractivity contribution in [2.45, 2.75) is 39.8 Å². The lowest BCUT2D eigenvalue weighted by Crippen LogP contribution is -2.48. The van der Waals surface area contributed by atoms with Gasteiger partial charge in [-0.05, 0) is 76.2 Å². The molecule has 2 aliphatic rings. The summed E-state index contributed by atoms with van der Waals surface area (Å²) in [5.41, 5.74) is 3.24. The number of piperazine rings is 2. The third-order valence-corrected chi connectivity index (χ3v) is 7.22. The van der Waals surface area contributed by atoms with Gasteiger partial charge in [0.2, 0.25) is 0 Å². The Labute approximate surface area is 233 Å². The second kappa shape index (κ2) is 15.0. The predicted octanol–water partition coefficient (Wildman–Crippen LogP) is 4.34. The molecule has 9 heteroatoms. The van der Waals surface area contributed by atoms with E-state index in [9.17, 15) is 9.59 Å². The van der Waals surface area contributed by atoms with E-state index in [-0.39, 0.29) is 18.4 Å². The topological polar surface area (TPSA) is 76.6 Å². The van der Waals surface area contributed by atoms with Crippen molar-refractivity contribution in [1.82, 2.24) is 9.80 Å². The van der Waals surface area contributed by atoms with Crippen LogP contribution >= 0.6 is 12.4 Å². The minimum atomic E-state index is -0.869. The second-order valence-corrected chi connectivity index (χ2v) is 10.1. The van der Waals surface area contributed by atoms with Crippen LogP contribution in [0.15, 0.2) is 48.5 Å². The summed E-state index contributed by atoms with van der Waals surface area (Å²) in [5, 5.41) is 8.86. The lowest BCUT2D eigenvalue weighted by molar-refractivity contribution is 0.0599. The third-order valence-electron chi connectivity index (χ3n) is 7.22. The number of halogens is 1. The zero-order valence-electron chi connectivity index (χ0n) is 23.3. The van der Waals surface area contributed by atoms with E-state index in [1.165, 1.54) is 12.8 Å². The fourth-order valence-electron chi connectivity index (χ4n) is 4.73. The summed E-state index contributed by atoms with van der Waals surface area (Å²) >= 11 is 0. The maximum absolute atomic E-state index is 11.4. The number of carbonyl (C=O) groups excluding carboxylic acids is 1. The normalized spacial score (nSPS) is 16.5. The highest BCUT2D eigenvalue weighted by Crippen LogP contribution is 2.19. The molecule has 0 saturated carbocycles. The molecule has 2 aromatic rings. The molecule has 2 heterocycles. The summed E-state index contributed by atoms with van der Waals surface area (Å²) in [6, 6.07) is 16.0. The first-order valence-corrected chi connectivity index (χ1v) is 13.2. The molecule has 0 unspecified atom stereocenters. The molecule has 0 aliphatic carbocycles. The Bertz CT molecular complexity index is 998. The minimum Gasteiger partial charge on any atom is -0.478 e. The Kier molecular flexibility index (Phi) is 12.4. The highest BCUT2D eigenvalue weighted by Gasteiger charge is 2.20. The molecular weight excluding hydrogens is 504 g/mol. The number of hydrogen-bond donors (Lipinski definition) is 1. The highest BCUT2D eigenvalue weighted by atomic mass is 35.5. The van der Waals surface area contributed by atoms with Crippen molar-refractivity contribution in [3.05, 3.63) is 59.7 Å². The zero-order valence-corrected chi connectivity index (χ0v) is 24.1. The number of aromatic carboxylic acids is 1. The average Bonchev–Trinajstić information content (AvgIpc) is 2.93. The quantitative estimate of drug-likeness (QED) is 0.536. The summed E-state index contributed by atoms with van der Waals surface area (Å²) in [5.74, 6) is -1.15. The van der Waals surface area contributed by atoms with Crippen molar-refractivity contribution < 1.29 is 19.4 Å². The van der Waals surface area contributed by atoms with Gasteiger partial charge in [-0.15, -0.1) is 12.4 Å². The smallest absolute Gasteiger partial charge is 0.337 e. The van der Waals surface area contributed by atoms with E-state index in [4.69, 9.17) is 9.84 Å². The van der Waals surface area contributed by atoms with Crippen molar-refractivity contribution in [2.75, 3.05) is 69.3 Å². The number of nitrogens with zero attached hydrogens (tertiary/aromatic N) is 4. The van der Waals surface area contributed by atoms with Crippen LogP contribution in [0.25, 0.3) is 0 Å². The Balaban J connectivity index is 0.000000260. The molecule has 0 amide bonds. The predicted molar refractivity (Wildman–Crippen MR) is 156 cm³/mol. The molecule has 210 valence electrons. The van der Waals surface area contributed by atoms with Crippen LogP contribution in [0.3, 0.4) is 0 Å². The van der Waals surface area contributed by atoms with E-state index in [0.717, 1.165) is 58.0 Å². The van der Waals surface area contributed by atoms with E-state index < -0.39 is 5.97 Å². The molecule has 2 saturated heterocycles. The van der Waals surface area contributed by atoms with Crippen LogP contribution in [0.2, 0.25) is 0 Å². The van der Waals surface area contributed by atoms with Crippen LogP contribution in [0.5, 0.6) is 0 Å². The Hall–Kier alpha value is -2.81. The Morgan fingerprint density at radius 1 is 0.658 bits per heavy atom. The molecule has 2 aliphatic heterocycles. The number of ether oxygens (including phenoxy) is 1. The zero-order chi connectivity index (χ0) is 26.9. The van der Waals surface area contributed by atoms with Crippen molar-refractivity contribution in [1.29, 1.82) is 0 Å². The van der Waals surface area contributed by atoms with Gasteiger partial charge in [-0.2, -0.15) is 0 Å². The van der Waals surface area contributed by atoms with Gasteiger partial charge in [0.25, 0.3) is 0 Å². The number of carboxylic acids is 1. The van der Waals surface area contributed by atoms with Gasteiger partial charge in [-0.1, -0.05) is 0 Å². The maximum Gasteiger partial charge on any atom is 0.337 e. The number of carbonyl (C=O) groups is 2. The molecule has 4 rings (SSSR count). The van der Waals surface area contributed by atoms with E-state index >= 15 is 0 Å². The summed E-state index contributed by atoms with van der Waals surface area (Å²) in [7, 11) is 1.40. The standard InChI is InChI=1S/C15H22N2O2.C14H20N2O2.ClH/c1-12(2)16-8-10-17(11-9-16)14-6-4-13(5-7-14)15(18)19-3;1-11(2)15-7-9-16(10-8-15)13-5-3-12(4-6-13)14(17)18;/h4-7,12H,8-11H2,1-3H3;3-6,11H,7-10H2,1-2H3,(H,17,18);1H. The molecule has 2 aromatic carbocycles. The SMILES string of the molecule is CC(C)N1CCN(c2ccc(C(=O)O)cc2)CC1.COC(=O)c1ccc(N2CCN(C(C)C)CC2)cc1.Cl. The highest BCUT2D eigenvalue weighted by molar-refractivity contribution is 5.89. The first-order chi connectivity index (χ1) is 17.7. The fraction of sp³-hybridized carbons (Fsp3) is 0.517. The van der Waals surface area contributed by atoms with Crippen molar-refractivity contribution in [3.63, 3.8) is 0 Å². The fourth-order valence-corrected chi connectivity index (χ4v) is 4.73. The Morgan fingerprint density at radius 3 is 1.29 bits per heavy atom. The number of methoxy groups -OCH3 is 1. The van der Waals surface area contributed by atoms with E-state index in [1.807, 2.05) is 36.4 Å². The van der Waals surface area contributed by atoms with E-state index in [1.54, 1.807) is 12.1 Å². The molecule has 0 spiro atoms. The number of carboxylic acid groups (broad SMARTS) is 1. The van der Waals surface area contributed by atoms with Crippen LogP contribution < -0.4 is 9.80 Å². The van der Waals surface area contributed by atoms with Gasteiger partial charge in [-0.3, -0.25) is 9.80 Å². The lowest BCUT2D eigenvalue weighted by Gasteiger charge is -2.38. The van der Waals surface area contributed by atoms with Gasteiger partial charge in [0, 0.05) is 75.8 Å². The average molecular weight is 547 g/mol.